The molecule has 2 fully saturated rings. The van der Waals surface area contributed by atoms with Gasteiger partial charge in [0.1, 0.15) is 6.17 Å². The van der Waals surface area contributed by atoms with Crippen molar-refractivity contribution in [3.8, 4) is 0 Å². The molecule has 1 N–H and O–H groups in total. The third kappa shape index (κ3) is 2.59. The Labute approximate surface area is 121 Å². The van der Waals surface area contributed by atoms with Crippen LogP contribution in [-0.4, -0.2) is 23.4 Å². The fourth-order valence-electron chi connectivity index (χ4n) is 3.51. The molecule has 0 aromatic heterocycles. The molecule has 1 heterocycles. The van der Waals surface area contributed by atoms with Crippen LogP contribution in [0.3, 0.4) is 0 Å². The van der Waals surface area contributed by atoms with Gasteiger partial charge in [0.25, 0.3) is 0 Å². The smallest absolute Gasteiger partial charge is 0.238 e. The Kier molecular flexibility index (Phi) is 3.55. The van der Waals surface area contributed by atoms with Gasteiger partial charge in [0, 0.05) is 6.04 Å². The topological polar surface area (TPSA) is 32.3 Å². The molecule has 1 aliphatic carbocycles. The lowest BCUT2D eigenvalue weighted by molar-refractivity contribution is -0.131. The van der Waals surface area contributed by atoms with Gasteiger partial charge in [-0.2, -0.15) is 0 Å². The summed E-state index contributed by atoms with van der Waals surface area (Å²) in [4.78, 5) is 14.4. The quantitative estimate of drug-likeness (QED) is 0.897. The van der Waals surface area contributed by atoms with Crippen molar-refractivity contribution in [1.29, 1.82) is 0 Å². The SMILES string of the molecule is CC1(C)CCC(N2C(=O)CNC2c2ccccc2)CC1. The van der Waals surface area contributed by atoms with Crippen molar-refractivity contribution in [2.24, 2.45) is 5.41 Å². The summed E-state index contributed by atoms with van der Waals surface area (Å²) in [5, 5.41) is 3.37. The van der Waals surface area contributed by atoms with Gasteiger partial charge in [-0.05, 0) is 36.7 Å². The standard InChI is InChI=1S/C17H24N2O/c1-17(2)10-8-14(9-11-17)19-15(20)12-18-16(19)13-6-4-3-5-7-13/h3-7,14,16,18H,8-12H2,1-2H3. The summed E-state index contributed by atoms with van der Waals surface area (Å²) < 4.78 is 0. The predicted octanol–water partition coefficient (Wildman–Crippen LogP) is 3.09. The van der Waals surface area contributed by atoms with Crippen LogP contribution in [0.1, 0.15) is 51.3 Å². The van der Waals surface area contributed by atoms with Crippen LogP contribution in [0.2, 0.25) is 0 Å². The highest BCUT2D eigenvalue weighted by atomic mass is 16.2. The van der Waals surface area contributed by atoms with Crippen molar-refractivity contribution in [2.75, 3.05) is 6.54 Å². The summed E-state index contributed by atoms with van der Waals surface area (Å²) in [5.74, 6) is 0.253. The Morgan fingerprint density at radius 3 is 2.45 bits per heavy atom. The molecule has 0 spiro atoms. The van der Waals surface area contributed by atoms with Gasteiger partial charge >= 0.3 is 0 Å². The molecule has 0 bridgehead atoms. The summed E-state index contributed by atoms with van der Waals surface area (Å²) in [6, 6.07) is 10.7. The van der Waals surface area contributed by atoms with Gasteiger partial charge in [-0.15, -0.1) is 0 Å². The second-order valence-electron chi connectivity index (χ2n) is 6.89. The van der Waals surface area contributed by atoms with Crippen LogP contribution < -0.4 is 5.32 Å². The second kappa shape index (κ2) is 5.21. The second-order valence-corrected chi connectivity index (χ2v) is 6.89. The maximum Gasteiger partial charge on any atom is 0.238 e. The monoisotopic (exact) mass is 272 g/mol. The van der Waals surface area contributed by atoms with Crippen molar-refractivity contribution >= 4 is 5.91 Å². The lowest BCUT2D eigenvalue weighted by Gasteiger charge is -2.40. The minimum Gasteiger partial charge on any atom is -0.319 e. The van der Waals surface area contributed by atoms with E-state index in [9.17, 15) is 4.79 Å². The van der Waals surface area contributed by atoms with Crippen molar-refractivity contribution in [2.45, 2.75) is 51.7 Å². The van der Waals surface area contributed by atoms with Gasteiger partial charge in [-0.3, -0.25) is 10.1 Å². The van der Waals surface area contributed by atoms with Crippen molar-refractivity contribution in [3.63, 3.8) is 0 Å². The Hall–Kier alpha value is -1.35. The van der Waals surface area contributed by atoms with Crippen LogP contribution in [-0.2, 0) is 4.79 Å². The number of hydrogen-bond donors (Lipinski definition) is 1. The van der Waals surface area contributed by atoms with Gasteiger partial charge in [0.05, 0.1) is 6.54 Å². The molecule has 1 saturated carbocycles. The van der Waals surface area contributed by atoms with Crippen molar-refractivity contribution in [3.05, 3.63) is 35.9 Å². The predicted molar refractivity (Wildman–Crippen MR) is 80.1 cm³/mol. The maximum atomic E-state index is 12.3. The van der Waals surface area contributed by atoms with Gasteiger partial charge < -0.3 is 4.90 Å². The van der Waals surface area contributed by atoms with Crippen LogP contribution in [0.25, 0.3) is 0 Å². The van der Waals surface area contributed by atoms with E-state index < -0.39 is 0 Å². The minimum atomic E-state index is 0.0647. The van der Waals surface area contributed by atoms with Gasteiger partial charge in [-0.1, -0.05) is 44.2 Å². The third-order valence-electron chi connectivity index (χ3n) is 4.83. The minimum absolute atomic E-state index is 0.0647. The zero-order valence-corrected chi connectivity index (χ0v) is 12.4. The van der Waals surface area contributed by atoms with Crippen LogP contribution in [0.5, 0.6) is 0 Å². The van der Waals surface area contributed by atoms with E-state index in [1.807, 2.05) is 18.2 Å². The molecule has 3 rings (SSSR count). The number of carbonyl (C=O) groups is 1. The van der Waals surface area contributed by atoms with Gasteiger partial charge in [-0.25, -0.2) is 0 Å². The first kappa shape index (κ1) is 13.6. The summed E-state index contributed by atoms with van der Waals surface area (Å²) >= 11 is 0. The average Bonchev–Trinajstić information content (AvgIpc) is 2.82. The van der Waals surface area contributed by atoms with Gasteiger partial charge in [0.15, 0.2) is 0 Å². The molecule has 20 heavy (non-hydrogen) atoms. The summed E-state index contributed by atoms with van der Waals surface area (Å²) in [6.45, 7) is 5.14. The highest BCUT2D eigenvalue weighted by molar-refractivity contribution is 5.81. The number of hydrogen-bond acceptors (Lipinski definition) is 2. The number of rotatable bonds is 2. The van der Waals surface area contributed by atoms with E-state index in [1.54, 1.807) is 0 Å². The first-order chi connectivity index (χ1) is 9.57. The zero-order valence-electron chi connectivity index (χ0n) is 12.4. The molecule has 1 unspecified atom stereocenters. The number of amides is 1. The summed E-state index contributed by atoms with van der Waals surface area (Å²) in [6.07, 6.45) is 4.74. The molecule has 0 radical (unpaired) electrons. The molecule has 1 saturated heterocycles. The first-order valence-electron chi connectivity index (χ1n) is 7.66. The van der Waals surface area contributed by atoms with E-state index in [1.165, 1.54) is 18.4 Å². The van der Waals surface area contributed by atoms with Crippen LogP contribution in [0, 0.1) is 5.41 Å². The maximum absolute atomic E-state index is 12.3. The highest BCUT2D eigenvalue weighted by Gasteiger charge is 2.39. The molecule has 1 aliphatic heterocycles. The molecule has 2 aliphatic rings. The van der Waals surface area contributed by atoms with E-state index >= 15 is 0 Å². The molecular formula is C17H24N2O. The number of nitrogens with one attached hydrogen (secondary N) is 1. The number of carbonyl (C=O) groups excluding carboxylic acids is 1. The summed E-state index contributed by atoms with van der Waals surface area (Å²) in [5.41, 5.74) is 1.64. The van der Waals surface area contributed by atoms with E-state index in [0.717, 1.165) is 12.8 Å². The largest absolute Gasteiger partial charge is 0.319 e. The Morgan fingerprint density at radius 2 is 1.80 bits per heavy atom. The molecule has 3 nitrogen and oxygen atoms in total. The van der Waals surface area contributed by atoms with E-state index in [4.69, 9.17) is 0 Å². The van der Waals surface area contributed by atoms with E-state index in [-0.39, 0.29) is 12.1 Å². The molecule has 1 amide bonds. The van der Waals surface area contributed by atoms with E-state index in [0.29, 0.717) is 18.0 Å². The van der Waals surface area contributed by atoms with Gasteiger partial charge in [0.2, 0.25) is 5.91 Å². The molecule has 1 aromatic carbocycles. The lowest BCUT2D eigenvalue weighted by Crippen LogP contribution is -2.42. The Balaban J connectivity index is 1.78. The Morgan fingerprint density at radius 1 is 1.15 bits per heavy atom. The fraction of sp³-hybridized carbons (Fsp3) is 0.588. The molecule has 1 atom stereocenters. The molecule has 1 aromatic rings. The normalized spacial score (nSPS) is 27.0. The first-order valence-corrected chi connectivity index (χ1v) is 7.66. The number of benzene rings is 1. The fourth-order valence-corrected chi connectivity index (χ4v) is 3.51. The van der Waals surface area contributed by atoms with Crippen molar-refractivity contribution in [1.82, 2.24) is 10.2 Å². The van der Waals surface area contributed by atoms with E-state index in [2.05, 4.69) is 36.2 Å². The summed E-state index contributed by atoms with van der Waals surface area (Å²) in [7, 11) is 0. The Bertz CT molecular complexity index is 473. The van der Waals surface area contributed by atoms with Crippen LogP contribution in [0.4, 0.5) is 0 Å². The molecular weight excluding hydrogens is 248 g/mol. The van der Waals surface area contributed by atoms with Crippen LogP contribution in [0.15, 0.2) is 30.3 Å². The van der Waals surface area contributed by atoms with Crippen molar-refractivity contribution < 1.29 is 4.79 Å². The number of nitrogens with zero attached hydrogens (tertiary/aromatic N) is 1. The highest BCUT2D eigenvalue weighted by Crippen LogP contribution is 2.39. The zero-order chi connectivity index (χ0) is 14.2. The third-order valence-corrected chi connectivity index (χ3v) is 4.83. The molecule has 3 heteroatoms. The average molecular weight is 272 g/mol. The molecule has 108 valence electrons. The van der Waals surface area contributed by atoms with Crippen LogP contribution >= 0.6 is 0 Å². The lowest BCUT2D eigenvalue weighted by atomic mass is 9.75.